The van der Waals surface area contributed by atoms with Crippen LogP contribution in [0.4, 0.5) is 4.79 Å². The van der Waals surface area contributed by atoms with Gasteiger partial charge in [0.15, 0.2) is 0 Å². The highest BCUT2D eigenvalue weighted by atomic mass is 16.6. The molecule has 1 aliphatic rings. The molecule has 0 saturated carbocycles. The molecule has 2 aromatic carbocycles. The number of rotatable bonds is 8. The summed E-state index contributed by atoms with van der Waals surface area (Å²) < 4.78 is 10.6. The zero-order chi connectivity index (χ0) is 21.6. The van der Waals surface area contributed by atoms with Gasteiger partial charge in [-0.2, -0.15) is 0 Å². The molecule has 0 radical (unpaired) electrons. The van der Waals surface area contributed by atoms with Crippen molar-refractivity contribution in [3.05, 3.63) is 90.5 Å². The maximum Gasteiger partial charge on any atom is 0.407 e. The molecule has 158 valence electrons. The van der Waals surface area contributed by atoms with Crippen molar-refractivity contribution in [3.8, 4) is 11.1 Å². The first-order chi connectivity index (χ1) is 15.2. The molecule has 3 aromatic rings. The van der Waals surface area contributed by atoms with Crippen LogP contribution in [0.1, 0.15) is 22.7 Å². The molecule has 1 aromatic heterocycles. The predicted octanol–water partition coefficient (Wildman–Crippen LogP) is 3.59. The van der Waals surface area contributed by atoms with E-state index in [0.717, 1.165) is 22.3 Å². The van der Waals surface area contributed by atoms with Crippen LogP contribution < -0.4 is 5.32 Å². The first kappa shape index (κ1) is 20.4. The quantitative estimate of drug-likeness (QED) is 0.432. The van der Waals surface area contributed by atoms with Crippen molar-refractivity contribution >= 4 is 12.1 Å². The molecule has 1 heterocycles. The number of alkyl carbamates (subject to hydrolysis) is 1. The number of benzene rings is 2. The van der Waals surface area contributed by atoms with E-state index in [9.17, 15) is 9.59 Å². The zero-order valence-electron chi connectivity index (χ0n) is 16.9. The van der Waals surface area contributed by atoms with Gasteiger partial charge in [0.25, 0.3) is 0 Å². The van der Waals surface area contributed by atoms with Crippen LogP contribution in [0.3, 0.4) is 0 Å². The van der Waals surface area contributed by atoms with Crippen LogP contribution in [-0.4, -0.2) is 41.3 Å². The van der Waals surface area contributed by atoms with Crippen LogP contribution in [0, 0.1) is 0 Å². The minimum atomic E-state index is -0.918. The summed E-state index contributed by atoms with van der Waals surface area (Å²) in [5.41, 5.74) is 5.16. The largest absolute Gasteiger partial charge is 0.460 e. The molecule has 0 unspecified atom stereocenters. The number of esters is 1. The van der Waals surface area contributed by atoms with Gasteiger partial charge in [-0.1, -0.05) is 61.2 Å². The number of nitrogens with one attached hydrogen (secondary N) is 2. The predicted molar refractivity (Wildman–Crippen MR) is 115 cm³/mol. The standard InChI is InChI=1S/C24H23N3O4/c1-2-11-30-23(28)22(12-16-13-25-15-26-16)27-24(29)31-14-21-19-9-5-3-7-17(19)18-8-4-6-10-20(18)21/h2-10,13,15,21-22H,1,11-12,14H2,(H,25,26)(H,27,29)/t22-/m0/s1. The maximum absolute atomic E-state index is 12.6. The van der Waals surface area contributed by atoms with Crippen molar-refractivity contribution in [3.63, 3.8) is 0 Å². The van der Waals surface area contributed by atoms with Crippen LogP contribution in [0.15, 0.2) is 73.7 Å². The summed E-state index contributed by atoms with van der Waals surface area (Å²) in [6.45, 7) is 3.75. The molecule has 0 aliphatic heterocycles. The number of ether oxygens (including phenoxy) is 2. The number of hydrogen-bond acceptors (Lipinski definition) is 5. The molecule has 7 heteroatoms. The van der Waals surface area contributed by atoms with Gasteiger partial charge in [0.2, 0.25) is 0 Å². The third-order valence-corrected chi connectivity index (χ3v) is 5.23. The molecule has 7 nitrogen and oxygen atoms in total. The van der Waals surface area contributed by atoms with Crippen molar-refractivity contribution in [1.29, 1.82) is 0 Å². The van der Waals surface area contributed by atoms with E-state index in [0.29, 0.717) is 5.69 Å². The summed E-state index contributed by atoms with van der Waals surface area (Å²) in [7, 11) is 0. The molecular weight excluding hydrogens is 394 g/mol. The second-order valence-electron chi connectivity index (χ2n) is 7.21. The van der Waals surface area contributed by atoms with Crippen molar-refractivity contribution in [2.45, 2.75) is 18.4 Å². The fraction of sp³-hybridized carbons (Fsp3) is 0.208. The Balaban J connectivity index is 1.43. The summed E-state index contributed by atoms with van der Waals surface area (Å²) in [5, 5.41) is 2.61. The molecule has 0 bridgehead atoms. The Kier molecular flexibility index (Phi) is 6.12. The molecule has 1 amide bonds. The second-order valence-corrected chi connectivity index (χ2v) is 7.21. The average Bonchev–Trinajstić information content (AvgIpc) is 3.41. The molecule has 0 saturated heterocycles. The Morgan fingerprint density at radius 3 is 2.39 bits per heavy atom. The molecule has 31 heavy (non-hydrogen) atoms. The smallest absolute Gasteiger partial charge is 0.407 e. The summed E-state index contributed by atoms with van der Waals surface area (Å²) in [6.07, 6.45) is 4.14. The Labute approximate surface area is 180 Å². The van der Waals surface area contributed by atoms with Gasteiger partial charge in [0.1, 0.15) is 19.3 Å². The van der Waals surface area contributed by atoms with Gasteiger partial charge in [-0.05, 0) is 22.3 Å². The fourth-order valence-electron chi connectivity index (χ4n) is 3.83. The molecule has 1 aliphatic carbocycles. The van der Waals surface area contributed by atoms with Gasteiger partial charge in [-0.15, -0.1) is 0 Å². The van der Waals surface area contributed by atoms with Gasteiger partial charge in [0.05, 0.1) is 12.0 Å². The number of nitrogens with zero attached hydrogens (tertiary/aromatic N) is 1. The number of aromatic nitrogens is 2. The normalized spacial score (nSPS) is 13.0. The van der Waals surface area contributed by atoms with Crippen LogP contribution in [0.5, 0.6) is 0 Å². The monoisotopic (exact) mass is 417 g/mol. The highest BCUT2D eigenvalue weighted by molar-refractivity contribution is 5.82. The summed E-state index contributed by atoms with van der Waals surface area (Å²) in [6, 6.07) is 15.3. The second kappa shape index (κ2) is 9.30. The lowest BCUT2D eigenvalue weighted by molar-refractivity contribution is -0.144. The van der Waals surface area contributed by atoms with Crippen LogP contribution in [0.25, 0.3) is 11.1 Å². The molecule has 0 fully saturated rings. The molecular formula is C24H23N3O4. The van der Waals surface area contributed by atoms with Gasteiger partial charge in [0, 0.05) is 18.5 Å². The lowest BCUT2D eigenvalue weighted by atomic mass is 9.98. The van der Waals surface area contributed by atoms with Crippen LogP contribution >= 0.6 is 0 Å². The number of carbonyl (C=O) groups is 2. The van der Waals surface area contributed by atoms with E-state index >= 15 is 0 Å². The van der Waals surface area contributed by atoms with E-state index in [1.165, 1.54) is 12.4 Å². The first-order valence-electron chi connectivity index (χ1n) is 10.0. The molecule has 1 atom stereocenters. The summed E-state index contributed by atoms with van der Waals surface area (Å²) in [5.74, 6) is -0.632. The first-order valence-corrected chi connectivity index (χ1v) is 10.0. The topological polar surface area (TPSA) is 93.3 Å². The highest BCUT2D eigenvalue weighted by Gasteiger charge is 2.30. The zero-order valence-corrected chi connectivity index (χ0v) is 16.9. The number of hydrogen-bond donors (Lipinski definition) is 2. The highest BCUT2D eigenvalue weighted by Crippen LogP contribution is 2.44. The summed E-state index contributed by atoms with van der Waals surface area (Å²) in [4.78, 5) is 31.9. The number of imidazole rings is 1. The van der Waals surface area contributed by atoms with E-state index in [1.807, 2.05) is 36.4 Å². The van der Waals surface area contributed by atoms with Crippen molar-refractivity contribution in [2.75, 3.05) is 13.2 Å². The summed E-state index contributed by atoms with van der Waals surface area (Å²) >= 11 is 0. The van der Waals surface area contributed by atoms with Gasteiger partial charge >= 0.3 is 12.1 Å². The Morgan fingerprint density at radius 2 is 1.77 bits per heavy atom. The third kappa shape index (κ3) is 4.50. The Morgan fingerprint density at radius 1 is 1.10 bits per heavy atom. The third-order valence-electron chi connectivity index (χ3n) is 5.23. The minimum absolute atomic E-state index is 0.0578. The van der Waals surface area contributed by atoms with Crippen LogP contribution in [0.2, 0.25) is 0 Å². The number of amides is 1. The van der Waals surface area contributed by atoms with Gasteiger partial charge in [-0.25, -0.2) is 14.6 Å². The number of H-pyrrole nitrogens is 1. The van der Waals surface area contributed by atoms with Crippen molar-refractivity contribution in [2.24, 2.45) is 0 Å². The Hall–Kier alpha value is -3.87. The SMILES string of the molecule is C=CCOC(=O)[C@H](Cc1c[nH]cn1)NC(=O)OCC1c2ccccc2-c2ccccc21. The maximum atomic E-state index is 12.6. The lowest BCUT2D eigenvalue weighted by Gasteiger charge is -2.18. The van der Waals surface area contributed by atoms with E-state index in [1.54, 1.807) is 6.20 Å². The minimum Gasteiger partial charge on any atom is -0.460 e. The van der Waals surface area contributed by atoms with Crippen molar-refractivity contribution in [1.82, 2.24) is 15.3 Å². The van der Waals surface area contributed by atoms with E-state index in [2.05, 4.69) is 34.0 Å². The van der Waals surface area contributed by atoms with E-state index < -0.39 is 18.1 Å². The molecule has 4 rings (SSSR count). The number of fused-ring (bicyclic) bond motifs is 3. The van der Waals surface area contributed by atoms with Gasteiger partial charge < -0.3 is 19.8 Å². The average molecular weight is 417 g/mol. The van der Waals surface area contributed by atoms with Crippen LogP contribution in [-0.2, 0) is 20.7 Å². The van der Waals surface area contributed by atoms with E-state index in [4.69, 9.17) is 9.47 Å². The number of carbonyl (C=O) groups excluding carboxylic acids is 2. The molecule has 0 spiro atoms. The number of aromatic amines is 1. The van der Waals surface area contributed by atoms with Crippen molar-refractivity contribution < 1.29 is 19.1 Å². The fourth-order valence-corrected chi connectivity index (χ4v) is 3.83. The van der Waals surface area contributed by atoms with E-state index in [-0.39, 0.29) is 25.6 Å². The lowest BCUT2D eigenvalue weighted by Crippen LogP contribution is -2.44. The molecule has 2 N–H and O–H groups in total. The Bertz CT molecular complexity index is 1030. The van der Waals surface area contributed by atoms with Gasteiger partial charge in [-0.3, -0.25) is 0 Å².